The Morgan fingerprint density at radius 1 is 1.11 bits per heavy atom. The summed E-state index contributed by atoms with van der Waals surface area (Å²) in [5.41, 5.74) is 0. The zero-order chi connectivity index (χ0) is 13.1. The predicted octanol–water partition coefficient (Wildman–Crippen LogP) is 3.27. The van der Waals surface area contributed by atoms with Crippen molar-refractivity contribution < 1.29 is 0 Å². The van der Waals surface area contributed by atoms with E-state index < -0.39 is 0 Å². The highest BCUT2D eigenvalue weighted by atomic mass is 15.2. The van der Waals surface area contributed by atoms with Crippen LogP contribution in [0.1, 0.15) is 59.3 Å². The first-order chi connectivity index (χ1) is 8.65. The molecule has 0 aromatic rings. The maximum absolute atomic E-state index is 3.59. The van der Waals surface area contributed by atoms with E-state index in [2.05, 4.69) is 38.0 Å². The molecule has 0 aromatic carbocycles. The van der Waals surface area contributed by atoms with Crippen LogP contribution < -0.4 is 5.32 Å². The molecule has 2 fully saturated rings. The Labute approximate surface area is 114 Å². The van der Waals surface area contributed by atoms with Crippen LogP contribution in [0.15, 0.2) is 0 Å². The number of piperidine rings is 1. The van der Waals surface area contributed by atoms with E-state index in [0.29, 0.717) is 0 Å². The molecule has 18 heavy (non-hydrogen) atoms. The van der Waals surface area contributed by atoms with Crippen molar-refractivity contribution in [2.45, 2.75) is 77.4 Å². The summed E-state index contributed by atoms with van der Waals surface area (Å²) in [4.78, 5) is 2.82. The first-order valence-corrected chi connectivity index (χ1v) is 8.08. The summed E-state index contributed by atoms with van der Waals surface area (Å²) in [7, 11) is 2.15. The lowest BCUT2D eigenvalue weighted by molar-refractivity contribution is 0.0314. The third kappa shape index (κ3) is 3.08. The average molecular weight is 252 g/mol. The summed E-state index contributed by atoms with van der Waals surface area (Å²) in [5, 5.41) is 3.59. The molecule has 2 nitrogen and oxygen atoms in total. The van der Waals surface area contributed by atoms with Gasteiger partial charge in [0.1, 0.15) is 0 Å². The molecule has 1 heterocycles. The van der Waals surface area contributed by atoms with Gasteiger partial charge in [-0.3, -0.25) is 4.90 Å². The van der Waals surface area contributed by atoms with Crippen LogP contribution in [0.3, 0.4) is 0 Å². The zero-order valence-electron chi connectivity index (χ0n) is 12.8. The SMILES string of the molecule is CCC1CCC(NC)C(N2CCC(C)CC2C)C1. The number of rotatable bonds is 3. The van der Waals surface area contributed by atoms with Gasteiger partial charge in [0, 0.05) is 18.1 Å². The van der Waals surface area contributed by atoms with Crippen molar-refractivity contribution in [3.63, 3.8) is 0 Å². The molecule has 1 aliphatic heterocycles. The molecular formula is C16H32N2. The van der Waals surface area contributed by atoms with E-state index in [9.17, 15) is 0 Å². The molecule has 2 aliphatic rings. The Bertz CT molecular complexity index is 253. The van der Waals surface area contributed by atoms with Crippen LogP contribution in [0.2, 0.25) is 0 Å². The van der Waals surface area contributed by atoms with Crippen molar-refractivity contribution in [2.24, 2.45) is 11.8 Å². The van der Waals surface area contributed by atoms with Gasteiger partial charge in [-0.15, -0.1) is 0 Å². The van der Waals surface area contributed by atoms with E-state index in [1.807, 2.05) is 0 Å². The van der Waals surface area contributed by atoms with E-state index in [1.165, 1.54) is 45.1 Å². The molecule has 0 spiro atoms. The molecule has 5 atom stereocenters. The number of hydrogen-bond acceptors (Lipinski definition) is 2. The van der Waals surface area contributed by atoms with E-state index in [0.717, 1.165) is 30.0 Å². The van der Waals surface area contributed by atoms with Gasteiger partial charge in [-0.05, 0) is 64.5 Å². The van der Waals surface area contributed by atoms with Crippen LogP contribution in [-0.2, 0) is 0 Å². The molecule has 1 N–H and O–H groups in total. The van der Waals surface area contributed by atoms with Gasteiger partial charge in [-0.1, -0.05) is 20.3 Å². The maximum atomic E-state index is 3.59. The van der Waals surface area contributed by atoms with Crippen molar-refractivity contribution in [1.29, 1.82) is 0 Å². The third-order valence-electron chi connectivity index (χ3n) is 5.49. The van der Waals surface area contributed by atoms with Crippen molar-refractivity contribution in [3.8, 4) is 0 Å². The minimum absolute atomic E-state index is 0.726. The van der Waals surface area contributed by atoms with Crippen molar-refractivity contribution in [1.82, 2.24) is 10.2 Å². The molecule has 1 aliphatic carbocycles. The van der Waals surface area contributed by atoms with Crippen LogP contribution in [0.25, 0.3) is 0 Å². The molecule has 2 rings (SSSR count). The van der Waals surface area contributed by atoms with E-state index in [4.69, 9.17) is 0 Å². The molecule has 1 saturated heterocycles. The van der Waals surface area contributed by atoms with Gasteiger partial charge >= 0.3 is 0 Å². The maximum Gasteiger partial charge on any atom is 0.0254 e. The predicted molar refractivity (Wildman–Crippen MR) is 78.8 cm³/mol. The highest BCUT2D eigenvalue weighted by Crippen LogP contribution is 2.34. The van der Waals surface area contributed by atoms with Crippen LogP contribution in [-0.4, -0.2) is 36.6 Å². The zero-order valence-corrected chi connectivity index (χ0v) is 12.8. The fourth-order valence-corrected chi connectivity index (χ4v) is 4.22. The number of nitrogens with one attached hydrogen (secondary N) is 1. The quantitative estimate of drug-likeness (QED) is 0.829. The molecule has 2 heteroatoms. The van der Waals surface area contributed by atoms with E-state index in [1.54, 1.807) is 0 Å². The highest BCUT2D eigenvalue weighted by molar-refractivity contribution is 4.93. The lowest BCUT2D eigenvalue weighted by Crippen LogP contribution is -2.57. The summed E-state index contributed by atoms with van der Waals surface area (Å²) in [5.74, 6) is 1.89. The topological polar surface area (TPSA) is 15.3 Å². The number of nitrogens with zero attached hydrogens (tertiary/aromatic N) is 1. The van der Waals surface area contributed by atoms with Crippen LogP contribution in [0, 0.1) is 11.8 Å². The van der Waals surface area contributed by atoms with Crippen molar-refractivity contribution >= 4 is 0 Å². The Kier molecular flexibility index (Phi) is 5.08. The Hall–Kier alpha value is -0.0800. The Morgan fingerprint density at radius 3 is 2.50 bits per heavy atom. The molecule has 0 amide bonds. The first kappa shape index (κ1) is 14.3. The van der Waals surface area contributed by atoms with Crippen LogP contribution in [0.4, 0.5) is 0 Å². The largest absolute Gasteiger partial charge is 0.315 e. The summed E-state index contributed by atoms with van der Waals surface area (Å²) in [6, 6.07) is 2.30. The van der Waals surface area contributed by atoms with Gasteiger partial charge in [-0.25, -0.2) is 0 Å². The average Bonchev–Trinajstić information content (AvgIpc) is 2.38. The smallest absolute Gasteiger partial charge is 0.0254 e. The fraction of sp³-hybridized carbons (Fsp3) is 1.00. The third-order valence-corrected chi connectivity index (χ3v) is 5.49. The standard InChI is InChI=1S/C16H32N2/c1-5-14-6-7-15(17-4)16(11-14)18-9-8-12(2)10-13(18)3/h12-17H,5-11H2,1-4H3. The molecule has 0 radical (unpaired) electrons. The van der Waals surface area contributed by atoms with Gasteiger partial charge < -0.3 is 5.32 Å². The first-order valence-electron chi connectivity index (χ1n) is 8.08. The van der Waals surface area contributed by atoms with Gasteiger partial charge in [-0.2, -0.15) is 0 Å². The lowest BCUT2D eigenvalue weighted by Gasteiger charge is -2.48. The van der Waals surface area contributed by atoms with Crippen LogP contribution in [0.5, 0.6) is 0 Å². The van der Waals surface area contributed by atoms with Gasteiger partial charge in [0.25, 0.3) is 0 Å². The molecule has 1 saturated carbocycles. The van der Waals surface area contributed by atoms with Crippen LogP contribution >= 0.6 is 0 Å². The molecule has 0 bridgehead atoms. The van der Waals surface area contributed by atoms with Gasteiger partial charge in [0.2, 0.25) is 0 Å². The summed E-state index contributed by atoms with van der Waals surface area (Å²) < 4.78 is 0. The second-order valence-electron chi connectivity index (χ2n) is 6.77. The molecule has 0 aromatic heterocycles. The van der Waals surface area contributed by atoms with E-state index >= 15 is 0 Å². The Morgan fingerprint density at radius 2 is 1.89 bits per heavy atom. The summed E-state index contributed by atoms with van der Waals surface area (Å²) in [6.07, 6.45) is 8.37. The van der Waals surface area contributed by atoms with Crippen molar-refractivity contribution in [3.05, 3.63) is 0 Å². The number of likely N-dealkylation sites (N-methyl/N-ethyl adjacent to an activating group) is 1. The van der Waals surface area contributed by atoms with Gasteiger partial charge in [0.05, 0.1) is 0 Å². The number of hydrogen-bond donors (Lipinski definition) is 1. The summed E-state index contributed by atoms with van der Waals surface area (Å²) in [6.45, 7) is 8.54. The lowest BCUT2D eigenvalue weighted by atomic mass is 9.78. The second kappa shape index (κ2) is 6.38. The molecular weight excluding hydrogens is 220 g/mol. The van der Waals surface area contributed by atoms with E-state index in [-0.39, 0.29) is 0 Å². The Balaban J connectivity index is 2.02. The fourth-order valence-electron chi connectivity index (χ4n) is 4.22. The molecule has 5 unspecified atom stereocenters. The summed E-state index contributed by atoms with van der Waals surface area (Å²) >= 11 is 0. The molecule has 106 valence electrons. The minimum Gasteiger partial charge on any atom is -0.315 e. The highest BCUT2D eigenvalue weighted by Gasteiger charge is 2.36. The normalized spacial score (nSPS) is 43.0. The second-order valence-corrected chi connectivity index (χ2v) is 6.77. The monoisotopic (exact) mass is 252 g/mol. The number of likely N-dealkylation sites (tertiary alicyclic amines) is 1. The van der Waals surface area contributed by atoms with Crippen molar-refractivity contribution in [2.75, 3.05) is 13.6 Å². The van der Waals surface area contributed by atoms with Gasteiger partial charge in [0.15, 0.2) is 0 Å². The minimum atomic E-state index is 0.726.